The van der Waals surface area contributed by atoms with Gasteiger partial charge < -0.3 is 0 Å². The minimum atomic E-state index is 0.783. The van der Waals surface area contributed by atoms with Gasteiger partial charge in [-0.15, -0.1) is 21.5 Å². The van der Waals surface area contributed by atoms with Crippen molar-refractivity contribution in [2.45, 2.75) is 17.8 Å². The summed E-state index contributed by atoms with van der Waals surface area (Å²) in [6.45, 7) is 1.91. The van der Waals surface area contributed by atoms with Crippen LogP contribution in [-0.2, 0) is 5.75 Å². The molecule has 3 rings (SSSR count). The Morgan fingerprint density at radius 3 is 2.82 bits per heavy atom. The minimum absolute atomic E-state index is 0.783. The van der Waals surface area contributed by atoms with Crippen LogP contribution in [-0.4, -0.2) is 21.1 Å². The van der Waals surface area contributed by atoms with Gasteiger partial charge in [0, 0.05) is 15.1 Å². The predicted octanol–water partition coefficient (Wildman–Crippen LogP) is 4.59. The van der Waals surface area contributed by atoms with Crippen LogP contribution in [0.2, 0.25) is 0 Å². The fraction of sp³-hybridized carbons (Fsp3) is 0.133. The zero-order valence-corrected chi connectivity index (χ0v) is 15.0. The molecule has 0 aliphatic rings. The van der Waals surface area contributed by atoms with Crippen LogP contribution in [0.15, 0.2) is 56.5 Å². The summed E-state index contributed by atoms with van der Waals surface area (Å²) in [4.78, 5) is 1.11. The maximum atomic E-state index is 4.48. The van der Waals surface area contributed by atoms with E-state index in [1.807, 2.05) is 42.8 Å². The molecule has 4 nitrogen and oxygen atoms in total. The molecule has 0 bridgehead atoms. The highest BCUT2D eigenvalue weighted by Gasteiger charge is 2.08. The molecule has 0 saturated heterocycles. The second-order valence-electron chi connectivity index (χ2n) is 4.52. The Kier molecular flexibility index (Phi) is 5.07. The Bertz CT molecular complexity index is 763. The van der Waals surface area contributed by atoms with Gasteiger partial charge in [-0.05, 0) is 36.1 Å². The molecule has 7 heteroatoms. The Morgan fingerprint density at radius 1 is 1.27 bits per heavy atom. The van der Waals surface area contributed by atoms with Crippen molar-refractivity contribution in [3.8, 4) is 0 Å². The van der Waals surface area contributed by atoms with Gasteiger partial charge in [0.1, 0.15) is 0 Å². The first-order valence-corrected chi connectivity index (χ1v) is 9.25. The molecule has 112 valence electrons. The van der Waals surface area contributed by atoms with Crippen molar-refractivity contribution in [3.05, 3.63) is 62.5 Å². The van der Waals surface area contributed by atoms with Crippen molar-refractivity contribution in [1.82, 2.24) is 14.9 Å². The second kappa shape index (κ2) is 7.21. The van der Waals surface area contributed by atoms with Crippen LogP contribution in [0.25, 0.3) is 0 Å². The molecule has 0 spiro atoms. The van der Waals surface area contributed by atoms with Crippen molar-refractivity contribution >= 4 is 45.2 Å². The van der Waals surface area contributed by atoms with Crippen molar-refractivity contribution in [3.63, 3.8) is 0 Å². The van der Waals surface area contributed by atoms with E-state index in [4.69, 9.17) is 0 Å². The Morgan fingerprint density at radius 2 is 2.09 bits per heavy atom. The lowest BCUT2D eigenvalue weighted by molar-refractivity contribution is 0.744. The number of halogens is 1. The summed E-state index contributed by atoms with van der Waals surface area (Å²) in [7, 11) is 0. The Balaban J connectivity index is 1.73. The van der Waals surface area contributed by atoms with Crippen LogP contribution >= 0.6 is 39.0 Å². The standard InChI is InChI=1S/C15H13BrN4S2/c1-11-18-19-15(20(11)17-9-14-3-2-8-21-14)22-10-12-4-6-13(16)7-5-12/h2-9H,10H2,1H3/b17-9+. The highest BCUT2D eigenvalue weighted by atomic mass is 79.9. The summed E-state index contributed by atoms with van der Waals surface area (Å²) < 4.78 is 2.87. The normalized spacial score (nSPS) is 11.4. The van der Waals surface area contributed by atoms with Gasteiger partial charge in [-0.1, -0.05) is 45.9 Å². The highest BCUT2D eigenvalue weighted by Crippen LogP contribution is 2.23. The van der Waals surface area contributed by atoms with Gasteiger partial charge in [-0.25, -0.2) is 0 Å². The first-order valence-electron chi connectivity index (χ1n) is 6.59. The SMILES string of the molecule is Cc1nnc(SCc2ccc(Br)cc2)n1/N=C/c1cccs1. The van der Waals surface area contributed by atoms with E-state index in [2.05, 4.69) is 43.4 Å². The summed E-state index contributed by atoms with van der Waals surface area (Å²) in [5.41, 5.74) is 1.24. The average molecular weight is 393 g/mol. The number of rotatable bonds is 5. The number of thioether (sulfide) groups is 1. The summed E-state index contributed by atoms with van der Waals surface area (Å²) in [5, 5.41) is 15.6. The van der Waals surface area contributed by atoms with Crippen LogP contribution < -0.4 is 0 Å². The van der Waals surface area contributed by atoms with E-state index in [0.29, 0.717) is 0 Å². The molecule has 2 heterocycles. The molecule has 22 heavy (non-hydrogen) atoms. The lowest BCUT2D eigenvalue weighted by Crippen LogP contribution is -1.95. The second-order valence-corrected chi connectivity index (χ2v) is 7.35. The number of benzene rings is 1. The van der Waals surface area contributed by atoms with Crippen molar-refractivity contribution in [1.29, 1.82) is 0 Å². The zero-order valence-electron chi connectivity index (χ0n) is 11.8. The van der Waals surface area contributed by atoms with E-state index < -0.39 is 0 Å². The number of aryl methyl sites for hydroxylation is 1. The molecule has 0 aliphatic carbocycles. The van der Waals surface area contributed by atoms with Crippen LogP contribution in [0.4, 0.5) is 0 Å². The van der Waals surface area contributed by atoms with Gasteiger partial charge in [0.2, 0.25) is 5.16 Å². The smallest absolute Gasteiger partial charge is 0.192 e. The summed E-state index contributed by atoms with van der Waals surface area (Å²) in [5.74, 6) is 1.62. The summed E-state index contributed by atoms with van der Waals surface area (Å²) in [6.07, 6.45) is 1.84. The van der Waals surface area contributed by atoms with Crippen molar-refractivity contribution < 1.29 is 0 Å². The Hall–Kier alpha value is -1.44. The van der Waals surface area contributed by atoms with Gasteiger partial charge >= 0.3 is 0 Å². The maximum absolute atomic E-state index is 4.48. The van der Waals surface area contributed by atoms with E-state index in [0.717, 1.165) is 26.1 Å². The number of hydrogen-bond donors (Lipinski definition) is 0. The molecule has 0 radical (unpaired) electrons. The van der Waals surface area contributed by atoms with Gasteiger partial charge in [0.05, 0.1) is 6.21 Å². The van der Waals surface area contributed by atoms with E-state index in [-0.39, 0.29) is 0 Å². The molecule has 1 aromatic carbocycles. The molecule has 0 unspecified atom stereocenters. The lowest BCUT2D eigenvalue weighted by atomic mass is 10.2. The molecule has 0 amide bonds. The van der Waals surface area contributed by atoms with Crippen molar-refractivity contribution in [2.24, 2.45) is 5.10 Å². The molecule has 0 fully saturated rings. The Labute approximate surface area is 145 Å². The fourth-order valence-electron chi connectivity index (χ4n) is 1.77. The zero-order chi connectivity index (χ0) is 15.4. The number of nitrogens with zero attached hydrogens (tertiary/aromatic N) is 4. The van der Waals surface area contributed by atoms with Gasteiger partial charge in [-0.2, -0.15) is 9.78 Å². The highest BCUT2D eigenvalue weighted by molar-refractivity contribution is 9.10. The third-order valence-electron chi connectivity index (χ3n) is 2.89. The summed E-state index contributed by atoms with van der Waals surface area (Å²) >= 11 is 6.73. The maximum Gasteiger partial charge on any atom is 0.212 e. The lowest BCUT2D eigenvalue weighted by Gasteiger charge is -2.02. The quantitative estimate of drug-likeness (QED) is 0.471. The number of aromatic nitrogens is 3. The van der Waals surface area contributed by atoms with Crippen LogP contribution in [0.1, 0.15) is 16.3 Å². The predicted molar refractivity (Wildman–Crippen MR) is 95.8 cm³/mol. The largest absolute Gasteiger partial charge is 0.212 e. The molecular formula is C15H13BrN4S2. The number of thiophene rings is 1. The topological polar surface area (TPSA) is 43.1 Å². The molecule has 3 aromatic rings. The van der Waals surface area contributed by atoms with E-state index in [9.17, 15) is 0 Å². The van der Waals surface area contributed by atoms with E-state index >= 15 is 0 Å². The van der Waals surface area contributed by atoms with E-state index in [1.165, 1.54) is 5.56 Å². The molecule has 0 N–H and O–H groups in total. The third kappa shape index (κ3) is 3.85. The van der Waals surface area contributed by atoms with Crippen LogP contribution in [0, 0.1) is 6.92 Å². The number of hydrogen-bond acceptors (Lipinski definition) is 5. The average Bonchev–Trinajstić information content (AvgIpc) is 3.15. The molecular weight excluding hydrogens is 380 g/mol. The van der Waals surface area contributed by atoms with Crippen LogP contribution in [0.3, 0.4) is 0 Å². The minimum Gasteiger partial charge on any atom is -0.192 e. The monoisotopic (exact) mass is 392 g/mol. The fourth-order valence-corrected chi connectivity index (χ4v) is 3.50. The third-order valence-corrected chi connectivity index (χ3v) is 5.22. The van der Waals surface area contributed by atoms with Crippen LogP contribution in [0.5, 0.6) is 0 Å². The molecule has 0 aliphatic heterocycles. The molecule has 0 atom stereocenters. The van der Waals surface area contributed by atoms with Gasteiger partial charge in [0.15, 0.2) is 5.82 Å². The first kappa shape index (κ1) is 15.5. The summed E-state index contributed by atoms with van der Waals surface area (Å²) in [6, 6.07) is 12.3. The molecule has 0 saturated carbocycles. The van der Waals surface area contributed by atoms with Crippen molar-refractivity contribution in [2.75, 3.05) is 0 Å². The van der Waals surface area contributed by atoms with Gasteiger partial charge in [0.25, 0.3) is 0 Å². The first-order chi connectivity index (χ1) is 10.7. The molecule has 2 aromatic heterocycles. The van der Waals surface area contributed by atoms with E-state index in [1.54, 1.807) is 27.8 Å². The van der Waals surface area contributed by atoms with Gasteiger partial charge in [-0.3, -0.25) is 0 Å².